The van der Waals surface area contributed by atoms with Gasteiger partial charge in [-0.1, -0.05) is 6.07 Å². The maximum Gasteiger partial charge on any atom is 0.254 e. The molecule has 1 N–H and O–H groups in total. The molecule has 0 atom stereocenters. The molecule has 1 amide bonds. The maximum absolute atomic E-state index is 13.4. The quantitative estimate of drug-likeness (QED) is 0.848. The van der Waals surface area contributed by atoms with Gasteiger partial charge in [0.25, 0.3) is 5.91 Å². The van der Waals surface area contributed by atoms with E-state index in [1.165, 1.54) is 6.07 Å². The molecule has 1 aliphatic heterocycles. The summed E-state index contributed by atoms with van der Waals surface area (Å²) in [4.78, 5) is 13.9. The van der Waals surface area contributed by atoms with Gasteiger partial charge in [-0.15, -0.1) is 12.4 Å². The van der Waals surface area contributed by atoms with E-state index in [-0.39, 0.29) is 24.1 Å². The van der Waals surface area contributed by atoms with Crippen molar-refractivity contribution in [1.29, 1.82) is 0 Å². The van der Waals surface area contributed by atoms with Crippen LogP contribution >= 0.6 is 12.4 Å². The fraction of sp³-hybridized carbons (Fsp3) is 0.462. The van der Waals surface area contributed by atoms with Crippen molar-refractivity contribution in [2.24, 2.45) is 0 Å². The summed E-state index contributed by atoms with van der Waals surface area (Å²) < 4.78 is 13.4. The van der Waals surface area contributed by atoms with Gasteiger partial charge in [0.2, 0.25) is 0 Å². The molecular formula is C13H18ClFN2O. The minimum Gasteiger partial charge on any atom is -0.337 e. The van der Waals surface area contributed by atoms with Gasteiger partial charge in [0.05, 0.1) is 0 Å². The average Bonchev–Trinajstić information content (AvgIpc) is 2.60. The van der Waals surface area contributed by atoms with Crippen LogP contribution in [-0.4, -0.2) is 37.0 Å². The molecule has 1 aliphatic rings. The first-order chi connectivity index (χ1) is 8.18. The van der Waals surface area contributed by atoms with Crippen molar-refractivity contribution >= 4 is 18.3 Å². The molecule has 1 fully saturated rings. The summed E-state index contributed by atoms with van der Waals surface area (Å²) in [6, 6.07) is 4.67. The van der Waals surface area contributed by atoms with Crippen LogP contribution in [0.4, 0.5) is 4.39 Å². The van der Waals surface area contributed by atoms with Crippen LogP contribution in [0.5, 0.6) is 0 Å². The highest BCUT2D eigenvalue weighted by atomic mass is 35.5. The summed E-state index contributed by atoms with van der Waals surface area (Å²) in [6.07, 6.45) is 0.945. The van der Waals surface area contributed by atoms with Crippen LogP contribution in [0.25, 0.3) is 0 Å². The highest BCUT2D eigenvalue weighted by Gasteiger charge is 2.17. The maximum atomic E-state index is 13.4. The van der Waals surface area contributed by atoms with Crippen molar-refractivity contribution in [1.82, 2.24) is 10.2 Å². The van der Waals surface area contributed by atoms with E-state index < -0.39 is 0 Å². The molecule has 0 radical (unpaired) electrons. The van der Waals surface area contributed by atoms with Gasteiger partial charge in [0, 0.05) is 25.2 Å². The summed E-state index contributed by atoms with van der Waals surface area (Å²) in [7, 11) is 0. The van der Waals surface area contributed by atoms with Crippen molar-refractivity contribution in [3.63, 3.8) is 0 Å². The van der Waals surface area contributed by atoms with E-state index in [0.29, 0.717) is 17.7 Å². The van der Waals surface area contributed by atoms with Crippen molar-refractivity contribution in [2.45, 2.75) is 13.3 Å². The smallest absolute Gasteiger partial charge is 0.254 e. The van der Waals surface area contributed by atoms with Crippen LogP contribution in [0, 0.1) is 12.7 Å². The zero-order valence-electron chi connectivity index (χ0n) is 10.4. The lowest BCUT2D eigenvalue weighted by molar-refractivity contribution is 0.0766. The molecule has 18 heavy (non-hydrogen) atoms. The lowest BCUT2D eigenvalue weighted by Gasteiger charge is -2.20. The molecule has 3 nitrogen and oxygen atoms in total. The van der Waals surface area contributed by atoms with Gasteiger partial charge >= 0.3 is 0 Å². The number of amides is 1. The number of hydrogen-bond acceptors (Lipinski definition) is 2. The summed E-state index contributed by atoms with van der Waals surface area (Å²) in [6.45, 7) is 4.86. The SMILES string of the molecule is Cc1ccc(C(=O)N2CCCNCC2)cc1F.Cl. The van der Waals surface area contributed by atoms with Crippen molar-refractivity contribution < 1.29 is 9.18 Å². The number of carbonyl (C=O) groups excluding carboxylic acids is 1. The van der Waals surface area contributed by atoms with Crippen LogP contribution in [0.1, 0.15) is 22.3 Å². The van der Waals surface area contributed by atoms with Gasteiger partial charge < -0.3 is 10.2 Å². The summed E-state index contributed by atoms with van der Waals surface area (Å²) in [5, 5.41) is 3.24. The zero-order valence-corrected chi connectivity index (χ0v) is 11.2. The highest BCUT2D eigenvalue weighted by molar-refractivity contribution is 5.94. The predicted octanol–water partition coefficient (Wildman–Crippen LogP) is 1.99. The molecule has 1 heterocycles. The average molecular weight is 273 g/mol. The minimum atomic E-state index is -0.316. The van der Waals surface area contributed by atoms with E-state index in [1.807, 2.05) is 0 Å². The van der Waals surface area contributed by atoms with Gasteiger partial charge in [0.1, 0.15) is 5.82 Å². The van der Waals surface area contributed by atoms with Gasteiger partial charge in [-0.05, 0) is 37.6 Å². The Kier molecular flexibility index (Phi) is 5.56. The Morgan fingerprint density at radius 3 is 2.83 bits per heavy atom. The molecule has 0 unspecified atom stereocenters. The minimum absolute atomic E-state index is 0. The summed E-state index contributed by atoms with van der Waals surface area (Å²) >= 11 is 0. The zero-order chi connectivity index (χ0) is 12.3. The molecule has 1 aromatic carbocycles. The number of benzene rings is 1. The van der Waals surface area contributed by atoms with E-state index in [9.17, 15) is 9.18 Å². The lowest BCUT2D eigenvalue weighted by Crippen LogP contribution is -2.34. The standard InChI is InChI=1S/C13H17FN2O.ClH/c1-10-3-4-11(9-12(10)14)13(17)16-7-2-5-15-6-8-16;/h3-4,9,15H,2,5-8H2,1H3;1H. The number of nitrogens with one attached hydrogen (secondary N) is 1. The first-order valence-corrected chi connectivity index (χ1v) is 5.94. The van der Waals surface area contributed by atoms with E-state index in [1.54, 1.807) is 24.0 Å². The number of carbonyl (C=O) groups is 1. The molecule has 1 saturated heterocycles. The van der Waals surface area contributed by atoms with Gasteiger partial charge in [0.15, 0.2) is 0 Å². The molecule has 0 spiro atoms. The molecule has 0 aromatic heterocycles. The first kappa shape index (κ1) is 14.9. The number of hydrogen-bond donors (Lipinski definition) is 1. The van der Waals surface area contributed by atoms with Crippen molar-refractivity contribution in [2.75, 3.05) is 26.2 Å². The summed E-state index contributed by atoms with van der Waals surface area (Å²) in [5.41, 5.74) is 1.01. The second kappa shape index (κ2) is 6.71. The normalized spacial score (nSPS) is 15.8. The van der Waals surface area contributed by atoms with Crippen LogP contribution < -0.4 is 5.32 Å². The Bertz CT molecular complexity index is 417. The van der Waals surface area contributed by atoms with Crippen LogP contribution in [0.2, 0.25) is 0 Å². The van der Waals surface area contributed by atoms with Crippen LogP contribution in [0.15, 0.2) is 18.2 Å². The summed E-state index contributed by atoms with van der Waals surface area (Å²) in [5.74, 6) is -0.392. The van der Waals surface area contributed by atoms with Gasteiger partial charge in [-0.2, -0.15) is 0 Å². The molecule has 0 saturated carbocycles. The second-order valence-electron chi connectivity index (χ2n) is 4.36. The number of aryl methyl sites for hydroxylation is 1. The fourth-order valence-electron chi connectivity index (χ4n) is 1.96. The highest BCUT2D eigenvalue weighted by Crippen LogP contribution is 2.12. The molecule has 5 heteroatoms. The molecule has 2 rings (SSSR count). The number of rotatable bonds is 1. The Hall–Kier alpha value is -1.13. The predicted molar refractivity (Wildman–Crippen MR) is 71.8 cm³/mol. The molecular weight excluding hydrogens is 255 g/mol. The third-order valence-electron chi connectivity index (χ3n) is 3.05. The van der Waals surface area contributed by atoms with Gasteiger partial charge in [-0.25, -0.2) is 4.39 Å². The van der Waals surface area contributed by atoms with E-state index in [2.05, 4.69) is 5.32 Å². The molecule has 0 aliphatic carbocycles. The lowest BCUT2D eigenvalue weighted by atomic mass is 10.1. The Morgan fingerprint density at radius 2 is 2.11 bits per heavy atom. The third-order valence-corrected chi connectivity index (χ3v) is 3.05. The van der Waals surface area contributed by atoms with Crippen LogP contribution in [-0.2, 0) is 0 Å². The van der Waals surface area contributed by atoms with E-state index in [4.69, 9.17) is 0 Å². The fourth-order valence-corrected chi connectivity index (χ4v) is 1.96. The van der Waals surface area contributed by atoms with E-state index >= 15 is 0 Å². The van der Waals surface area contributed by atoms with Crippen molar-refractivity contribution in [3.8, 4) is 0 Å². The van der Waals surface area contributed by atoms with E-state index in [0.717, 1.165) is 26.1 Å². The monoisotopic (exact) mass is 272 g/mol. The topological polar surface area (TPSA) is 32.3 Å². The molecule has 100 valence electrons. The number of halogens is 2. The molecule has 0 bridgehead atoms. The Balaban J connectivity index is 0.00000162. The van der Waals surface area contributed by atoms with Crippen molar-refractivity contribution in [3.05, 3.63) is 35.1 Å². The number of nitrogens with zero attached hydrogens (tertiary/aromatic N) is 1. The Morgan fingerprint density at radius 1 is 1.33 bits per heavy atom. The van der Waals surface area contributed by atoms with Crippen LogP contribution in [0.3, 0.4) is 0 Å². The van der Waals surface area contributed by atoms with Gasteiger partial charge in [-0.3, -0.25) is 4.79 Å². The first-order valence-electron chi connectivity index (χ1n) is 5.94. The molecule has 1 aromatic rings. The largest absolute Gasteiger partial charge is 0.337 e. The third kappa shape index (κ3) is 3.43. The Labute approximate surface area is 113 Å². The second-order valence-corrected chi connectivity index (χ2v) is 4.36.